The van der Waals surface area contributed by atoms with E-state index in [-0.39, 0.29) is 17.6 Å². The van der Waals surface area contributed by atoms with Crippen LogP contribution in [-0.2, 0) is 0 Å². The third kappa shape index (κ3) is 3.93. The molecule has 0 radical (unpaired) electrons. The molecule has 0 atom stereocenters. The summed E-state index contributed by atoms with van der Waals surface area (Å²) in [7, 11) is 0. The van der Waals surface area contributed by atoms with Gasteiger partial charge in [0.1, 0.15) is 10.3 Å². The van der Waals surface area contributed by atoms with Crippen LogP contribution in [0.3, 0.4) is 0 Å². The van der Waals surface area contributed by atoms with Crippen molar-refractivity contribution in [1.29, 1.82) is 0 Å². The van der Waals surface area contributed by atoms with Crippen LogP contribution in [0.15, 0.2) is 53.3 Å². The molecule has 142 valence electrons. The number of hydrogen-bond acceptors (Lipinski definition) is 4. The van der Waals surface area contributed by atoms with Gasteiger partial charge >= 0.3 is 0 Å². The first-order valence-corrected chi connectivity index (χ1v) is 9.78. The van der Waals surface area contributed by atoms with E-state index in [2.05, 4.69) is 36.6 Å². The van der Waals surface area contributed by atoms with Crippen molar-refractivity contribution in [2.75, 3.05) is 5.32 Å². The van der Waals surface area contributed by atoms with E-state index in [1.165, 1.54) is 4.68 Å². The number of pyridine rings is 1. The number of nitrogens with zero attached hydrogens (tertiary/aromatic N) is 3. The van der Waals surface area contributed by atoms with Gasteiger partial charge in [-0.2, -0.15) is 5.10 Å². The molecule has 1 aliphatic carbocycles. The van der Waals surface area contributed by atoms with Gasteiger partial charge in [0, 0.05) is 18.3 Å². The van der Waals surface area contributed by atoms with Crippen LogP contribution in [0.2, 0.25) is 5.02 Å². The molecule has 2 N–H and O–H groups in total. The third-order valence-electron chi connectivity index (χ3n) is 4.18. The van der Waals surface area contributed by atoms with E-state index < -0.39 is 5.91 Å². The molecule has 1 fully saturated rings. The molecule has 7 nitrogen and oxygen atoms in total. The Morgan fingerprint density at radius 3 is 2.68 bits per heavy atom. The maximum Gasteiger partial charge on any atom is 0.274 e. The predicted octanol–water partition coefficient (Wildman–Crippen LogP) is 3.83. The quantitative estimate of drug-likeness (QED) is 0.606. The fourth-order valence-corrected chi connectivity index (χ4v) is 3.25. The largest absolute Gasteiger partial charge is 0.349 e. The van der Waals surface area contributed by atoms with Crippen LogP contribution in [0.25, 0.3) is 5.82 Å². The molecule has 1 saturated carbocycles. The molecule has 28 heavy (non-hydrogen) atoms. The molecule has 3 aromatic rings. The fraction of sp³-hybridized carbons (Fsp3) is 0.158. The lowest BCUT2D eigenvalue weighted by atomic mass is 10.1. The first-order valence-electron chi connectivity index (χ1n) is 8.60. The van der Waals surface area contributed by atoms with Gasteiger partial charge in [0.15, 0.2) is 5.82 Å². The van der Waals surface area contributed by atoms with Crippen molar-refractivity contribution in [1.82, 2.24) is 20.1 Å². The third-order valence-corrected chi connectivity index (χ3v) is 4.87. The SMILES string of the molecule is O=C(NC1CC1)c1ccccc1NC(=O)c1cc(Br)nn1-c1ncccc1Cl. The number of halogens is 2. The summed E-state index contributed by atoms with van der Waals surface area (Å²) in [5.41, 5.74) is 1.05. The van der Waals surface area contributed by atoms with Crippen LogP contribution in [0.4, 0.5) is 5.69 Å². The van der Waals surface area contributed by atoms with Crippen molar-refractivity contribution in [3.05, 3.63) is 69.5 Å². The van der Waals surface area contributed by atoms with E-state index in [9.17, 15) is 9.59 Å². The van der Waals surface area contributed by atoms with Gasteiger partial charge in [-0.1, -0.05) is 23.7 Å². The number of anilines is 1. The van der Waals surface area contributed by atoms with Crippen molar-refractivity contribution in [2.45, 2.75) is 18.9 Å². The van der Waals surface area contributed by atoms with E-state index in [1.807, 2.05) is 0 Å². The topological polar surface area (TPSA) is 88.9 Å². The minimum absolute atomic E-state index is 0.208. The van der Waals surface area contributed by atoms with Gasteiger partial charge in [0.2, 0.25) is 0 Å². The number of nitrogens with one attached hydrogen (secondary N) is 2. The number of amides is 2. The highest BCUT2D eigenvalue weighted by molar-refractivity contribution is 9.10. The summed E-state index contributed by atoms with van der Waals surface area (Å²) >= 11 is 9.49. The van der Waals surface area contributed by atoms with E-state index in [4.69, 9.17) is 11.6 Å². The Labute approximate surface area is 174 Å². The highest BCUT2D eigenvalue weighted by Gasteiger charge is 2.25. The van der Waals surface area contributed by atoms with Crippen LogP contribution in [-0.4, -0.2) is 32.6 Å². The Bertz CT molecular complexity index is 1060. The summed E-state index contributed by atoms with van der Waals surface area (Å²) < 4.78 is 1.81. The van der Waals surface area contributed by atoms with Crippen molar-refractivity contribution in [3.8, 4) is 5.82 Å². The molecule has 9 heteroatoms. The summed E-state index contributed by atoms with van der Waals surface area (Å²) in [4.78, 5) is 29.6. The Morgan fingerprint density at radius 1 is 1.14 bits per heavy atom. The first-order chi connectivity index (χ1) is 13.5. The molecule has 0 unspecified atom stereocenters. The van der Waals surface area contributed by atoms with Crippen molar-refractivity contribution in [2.24, 2.45) is 0 Å². The monoisotopic (exact) mass is 459 g/mol. The second kappa shape index (κ2) is 7.73. The second-order valence-corrected chi connectivity index (χ2v) is 7.54. The summed E-state index contributed by atoms with van der Waals surface area (Å²) in [5, 5.41) is 10.3. The molecule has 1 aromatic carbocycles. The molecular formula is C19H15BrClN5O2. The Hall–Kier alpha value is -2.71. The molecule has 2 amide bonds. The molecule has 4 rings (SSSR count). The number of carbonyl (C=O) groups is 2. The zero-order valence-corrected chi connectivity index (χ0v) is 16.9. The van der Waals surface area contributed by atoms with Crippen molar-refractivity contribution >= 4 is 45.0 Å². The van der Waals surface area contributed by atoms with Gasteiger partial charge < -0.3 is 10.6 Å². The summed E-state index contributed by atoms with van der Waals surface area (Å²) in [6.07, 6.45) is 3.53. The molecule has 2 aromatic heterocycles. The molecular weight excluding hydrogens is 446 g/mol. The lowest BCUT2D eigenvalue weighted by Gasteiger charge is -2.12. The number of hydrogen-bond donors (Lipinski definition) is 2. The maximum absolute atomic E-state index is 12.9. The van der Waals surface area contributed by atoms with E-state index in [0.29, 0.717) is 26.7 Å². The molecule has 0 bridgehead atoms. The second-order valence-electron chi connectivity index (χ2n) is 6.32. The van der Waals surface area contributed by atoms with Gasteiger partial charge in [-0.15, -0.1) is 0 Å². The van der Waals surface area contributed by atoms with Gasteiger partial charge in [0.25, 0.3) is 11.8 Å². The standard InChI is InChI=1S/C19H15BrClN5O2/c20-16-10-15(26(25-16)17-13(21)5-3-9-22-17)19(28)24-14-6-2-1-4-12(14)18(27)23-11-7-8-11/h1-6,9-11H,7-8H2,(H,23,27)(H,24,28). The number of para-hydroxylation sites is 1. The lowest BCUT2D eigenvalue weighted by Crippen LogP contribution is -2.27. The number of rotatable bonds is 5. The van der Waals surface area contributed by atoms with E-state index >= 15 is 0 Å². The average Bonchev–Trinajstić information content (AvgIpc) is 3.41. The fourth-order valence-electron chi connectivity index (χ4n) is 2.68. The smallest absolute Gasteiger partial charge is 0.274 e. The van der Waals surface area contributed by atoms with Crippen LogP contribution in [0.1, 0.15) is 33.7 Å². The van der Waals surface area contributed by atoms with Crippen LogP contribution in [0, 0.1) is 0 Å². The van der Waals surface area contributed by atoms with Crippen LogP contribution < -0.4 is 10.6 Å². The molecule has 0 saturated heterocycles. The van der Waals surface area contributed by atoms with Gasteiger partial charge in [-0.05, 0) is 53.0 Å². The molecule has 0 spiro atoms. The van der Waals surface area contributed by atoms with Crippen molar-refractivity contribution in [3.63, 3.8) is 0 Å². The number of benzene rings is 1. The number of aromatic nitrogens is 3. The molecule has 0 aliphatic heterocycles. The first kappa shape index (κ1) is 18.6. The maximum atomic E-state index is 12.9. The Morgan fingerprint density at radius 2 is 1.93 bits per heavy atom. The van der Waals surface area contributed by atoms with Crippen LogP contribution >= 0.6 is 27.5 Å². The zero-order chi connectivity index (χ0) is 19.7. The van der Waals surface area contributed by atoms with Gasteiger partial charge in [0.05, 0.1) is 16.3 Å². The summed E-state index contributed by atoms with van der Waals surface area (Å²) in [5.74, 6) is -0.313. The zero-order valence-electron chi connectivity index (χ0n) is 14.5. The Kier molecular flexibility index (Phi) is 5.15. The minimum Gasteiger partial charge on any atom is -0.349 e. The average molecular weight is 461 g/mol. The van der Waals surface area contributed by atoms with Crippen LogP contribution in [0.5, 0.6) is 0 Å². The van der Waals surface area contributed by atoms with Crippen molar-refractivity contribution < 1.29 is 9.59 Å². The normalized spacial score (nSPS) is 13.2. The predicted molar refractivity (Wildman–Crippen MR) is 109 cm³/mol. The van der Waals surface area contributed by atoms with Gasteiger partial charge in [-0.25, -0.2) is 9.67 Å². The van der Waals surface area contributed by atoms with Gasteiger partial charge in [-0.3, -0.25) is 9.59 Å². The molecule has 2 heterocycles. The molecule has 1 aliphatic rings. The highest BCUT2D eigenvalue weighted by atomic mass is 79.9. The minimum atomic E-state index is -0.438. The van der Waals surface area contributed by atoms with E-state index in [1.54, 1.807) is 48.7 Å². The Balaban J connectivity index is 1.64. The lowest BCUT2D eigenvalue weighted by molar-refractivity contribution is 0.0952. The summed E-state index contributed by atoms with van der Waals surface area (Å²) in [6, 6.07) is 12.0. The highest BCUT2D eigenvalue weighted by Crippen LogP contribution is 2.24. The number of carbonyl (C=O) groups excluding carboxylic acids is 2. The van der Waals surface area contributed by atoms with E-state index in [0.717, 1.165) is 12.8 Å². The summed E-state index contributed by atoms with van der Waals surface area (Å²) in [6.45, 7) is 0.